The fraction of sp³-hybridized carbons (Fsp3) is 0.263. The van der Waals surface area contributed by atoms with Gasteiger partial charge in [-0.15, -0.1) is 11.3 Å². The third-order valence-electron chi connectivity index (χ3n) is 4.28. The van der Waals surface area contributed by atoms with Gasteiger partial charge in [0, 0.05) is 11.9 Å². The van der Waals surface area contributed by atoms with Crippen molar-refractivity contribution < 1.29 is 26.4 Å². The van der Waals surface area contributed by atoms with Gasteiger partial charge in [-0.05, 0) is 43.2 Å². The van der Waals surface area contributed by atoms with E-state index >= 15 is 0 Å². The van der Waals surface area contributed by atoms with Crippen LogP contribution < -0.4 is 5.32 Å². The predicted molar refractivity (Wildman–Crippen MR) is 105 cm³/mol. The normalized spacial score (nSPS) is 12.3. The van der Waals surface area contributed by atoms with Crippen LogP contribution in [0.3, 0.4) is 0 Å². The van der Waals surface area contributed by atoms with Crippen LogP contribution in [0.25, 0.3) is 10.2 Å². The first-order valence-electron chi connectivity index (χ1n) is 8.63. The number of benzene rings is 1. The number of aromatic nitrogens is 1. The smallest absolute Gasteiger partial charge is 0.351 e. The summed E-state index contributed by atoms with van der Waals surface area (Å²) in [7, 11) is -3.44. The molecule has 0 radical (unpaired) electrons. The van der Waals surface area contributed by atoms with Crippen LogP contribution in [0.5, 0.6) is 0 Å². The minimum absolute atomic E-state index is 0.125. The Kier molecular flexibility index (Phi) is 5.95. The molecule has 10 heteroatoms. The van der Waals surface area contributed by atoms with E-state index in [9.17, 15) is 26.4 Å². The van der Waals surface area contributed by atoms with Crippen LogP contribution in [0.4, 0.5) is 13.2 Å². The summed E-state index contributed by atoms with van der Waals surface area (Å²) in [4.78, 5) is 16.6. The van der Waals surface area contributed by atoms with E-state index in [0.717, 1.165) is 17.4 Å². The van der Waals surface area contributed by atoms with Crippen LogP contribution >= 0.6 is 11.3 Å². The number of carbonyl (C=O) groups excluding carboxylic acids is 1. The Bertz CT molecular complexity index is 1140. The largest absolute Gasteiger partial charge is 0.433 e. The van der Waals surface area contributed by atoms with Gasteiger partial charge in [0.15, 0.2) is 9.84 Å². The van der Waals surface area contributed by atoms with Gasteiger partial charge in [0.25, 0.3) is 5.91 Å². The lowest BCUT2D eigenvalue weighted by molar-refractivity contribution is -0.140. The van der Waals surface area contributed by atoms with Crippen molar-refractivity contribution in [3.63, 3.8) is 0 Å². The average Bonchev–Trinajstić information content (AvgIpc) is 3.01. The second-order valence-corrected chi connectivity index (χ2v) is 9.45. The third-order valence-corrected chi connectivity index (χ3v) is 7.29. The predicted octanol–water partition coefficient (Wildman–Crippen LogP) is 4.22. The first kappa shape index (κ1) is 21.3. The molecule has 154 valence electrons. The van der Waals surface area contributed by atoms with Crippen LogP contribution in [0.1, 0.15) is 27.3 Å². The zero-order valence-corrected chi connectivity index (χ0v) is 16.9. The molecular weight excluding hydrogens is 425 g/mol. The first-order chi connectivity index (χ1) is 13.6. The maximum absolute atomic E-state index is 12.8. The second kappa shape index (κ2) is 8.11. The van der Waals surface area contributed by atoms with Gasteiger partial charge in [0.1, 0.15) is 10.5 Å². The molecule has 0 aliphatic heterocycles. The molecule has 3 aromatic rings. The van der Waals surface area contributed by atoms with E-state index in [0.29, 0.717) is 10.9 Å². The van der Waals surface area contributed by atoms with Crippen LogP contribution in [0, 0.1) is 6.92 Å². The molecule has 0 saturated carbocycles. The molecule has 0 spiro atoms. The number of pyridine rings is 1. The van der Waals surface area contributed by atoms with Crippen LogP contribution in [0.15, 0.2) is 47.4 Å². The summed E-state index contributed by atoms with van der Waals surface area (Å²) < 4.78 is 62.9. The van der Waals surface area contributed by atoms with Crippen molar-refractivity contribution in [2.45, 2.75) is 24.4 Å². The lowest BCUT2D eigenvalue weighted by Gasteiger charge is -2.06. The summed E-state index contributed by atoms with van der Waals surface area (Å²) in [5.41, 5.74) is -0.468. The Morgan fingerprint density at radius 1 is 1.14 bits per heavy atom. The number of nitrogens with one attached hydrogen (secondary N) is 1. The van der Waals surface area contributed by atoms with E-state index in [2.05, 4.69) is 10.3 Å². The third kappa shape index (κ3) is 4.76. The summed E-state index contributed by atoms with van der Waals surface area (Å²) in [6, 6.07) is 10.2. The number of carbonyl (C=O) groups is 1. The number of amides is 1. The molecule has 1 amide bonds. The Hall–Kier alpha value is -2.46. The molecule has 2 heterocycles. The number of aryl methyl sites for hydroxylation is 1. The monoisotopic (exact) mass is 442 g/mol. The number of hydrogen-bond acceptors (Lipinski definition) is 5. The molecule has 1 aromatic carbocycles. The quantitative estimate of drug-likeness (QED) is 0.580. The molecule has 0 aliphatic carbocycles. The van der Waals surface area contributed by atoms with Gasteiger partial charge in [0.05, 0.1) is 15.5 Å². The number of nitrogens with zero attached hydrogens (tertiary/aromatic N) is 1. The Morgan fingerprint density at radius 3 is 2.48 bits per heavy atom. The van der Waals surface area contributed by atoms with E-state index in [1.54, 1.807) is 25.1 Å². The molecule has 2 aromatic heterocycles. The molecule has 0 bridgehead atoms. The number of hydrogen-bond donors (Lipinski definition) is 1. The maximum atomic E-state index is 12.8. The average molecular weight is 442 g/mol. The Labute approximate surface area is 169 Å². The van der Waals surface area contributed by atoms with Gasteiger partial charge in [0.2, 0.25) is 0 Å². The lowest BCUT2D eigenvalue weighted by atomic mass is 10.2. The molecule has 0 fully saturated rings. The highest BCUT2D eigenvalue weighted by Gasteiger charge is 2.33. The van der Waals surface area contributed by atoms with Crippen LogP contribution in [-0.2, 0) is 16.0 Å². The molecule has 0 saturated heterocycles. The summed E-state index contributed by atoms with van der Waals surface area (Å²) in [5, 5.41) is 3.11. The van der Waals surface area contributed by atoms with Crippen molar-refractivity contribution in [1.29, 1.82) is 0 Å². The summed E-state index contributed by atoms with van der Waals surface area (Å²) in [6.07, 6.45) is -4.35. The summed E-state index contributed by atoms with van der Waals surface area (Å²) in [6.45, 7) is 1.77. The van der Waals surface area contributed by atoms with Gasteiger partial charge >= 0.3 is 6.18 Å². The van der Waals surface area contributed by atoms with Gasteiger partial charge in [-0.3, -0.25) is 4.79 Å². The number of halogens is 3. The van der Waals surface area contributed by atoms with Crippen LogP contribution in [0.2, 0.25) is 0 Å². The molecular formula is C19H17F3N2O3S2. The van der Waals surface area contributed by atoms with E-state index in [-0.39, 0.29) is 33.3 Å². The molecule has 1 N–H and O–H groups in total. The fourth-order valence-corrected chi connectivity index (χ4v) is 5.19. The van der Waals surface area contributed by atoms with Crippen LogP contribution in [-0.4, -0.2) is 31.6 Å². The zero-order valence-electron chi connectivity index (χ0n) is 15.3. The highest BCUT2D eigenvalue weighted by Crippen LogP contribution is 2.34. The fourth-order valence-electron chi connectivity index (χ4n) is 2.76. The minimum atomic E-state index is -4.56. The maximum Gasteiger partial charge on any atom is 0.433 e. The van der Waals surface area contributed by atoms with E-state index in [1.165, 1.54) is 18.2 Å². The highest BCUT2D eigenvalue weighted by atomic mass is 32.2. The number of thiophene rings is 1. The molecule has 3 rings (SSSR count). The molecule has 0 atom stereocenters. The van der Waals surface area contributed by atoms with Crippen molar-refractivity contribution in [2.24, 2.45) is 0 Å². The number of sulfone groups is 1. The van der Waals surface area contributed by atoms with E-state index in [1.807, 2.05) is 0 Å². The summed E-state index contributed by atoms with van der Waals surface area (Å²) in [5.74, 6) is -0.588. The van der Waals surface area contributed by atoms with Crippen molar-refractivity contribution in [2.75, 3.05) is 12.3 Å². The van der Waals surface area contributed by atoms with Crippen molar-refractivity contribution in [3.05, 3.63) is 58.6 Å². The standard InChI is InChI=1S/C19H17F3N2O3S2/c1-12-14-8-9-15(19(20,21)22)24-18(14)28-16(12)17(25)23-10-5-11-29(26,27)13-6-3-2-4-7-13/h2-4,6-9H,5,10-11H2,1H3,(H,23,25). The molecule has 0 aliphatic rings. The second-order valence-electron chi connectivity index (χ2n) is 6.34. The van der Waals surface area contributed by atoms with E-state index in [4.69, 9.17) is 0 Å². The number of rotatable bonds is 6. The number of alkyl halides is 3. The van der Waals surface area contributed by atoms with Crippen molar-refractivity contribution in [1.82, 2.24) is 10.3 Å². The summed E-state index contributed by atoms with van der Waals surface area (Å²) >= 11 is 0.881. The van der Waals surface area contributed by atoms with E-state index < -0.39 is 27.6 Å². The minimum Gasteiger partial charge on any atom is -0.351 e. The topological polar surface area (TPSA) is 76.1 Å². The van der Waals surface area contributed by atoms with Crippen molar-refractivity contribution >= 4 is 37.3 Å². The van der Waals surface area contributed by atoms with Gasteiger partial charge < -0.3 is 5.32 Å². The van der Waals surface area contributed by atoms with Crippen molar-refractivity contribution in [3.8, 4) is 0 Å². The van der Waals surface area contributed by atoms with Gasteiger partial charge in [-0.2, -0.15) is 13.2 Å². The van der Waals surface area contributed by atoms with Gasteiger partial charge in [-0.25, -0.2) is 13.4 Å². The first-order valence-corrected chi connectivity index (χ1v) is 11.1. The number of fused-ring (bicyclic) bond motifs is 1. The molecule has 0 unspecified atom stereocenters. The zero-order chi connectivity index (χ0) is 21.2. The molecule has 29 heavy (non-hydrogen) atoms. The lowest BCUT2D eigenvalue weighted by Crippen LogP contribution is -2.25. The Morgan fingerprint density at radius 2 is 1.83 bits per heavy atom. The molecule has 5 nitrogen and oxygen atoms in total. The highest BCUT2D eigenvalue weighted by molar-refractivity contribution is 7.91. The van der Waals surface area contributed by atoms with Gasteiger partial charge in [-0.1, -0.05) is 18.2 Å². The SMILES string of the molecule is Cc1c(C(=O)NCCCS(=O)(=O)c2ccccc2)sc2nc(C(F)(F)F)ccc12. The Balaban J connectivity index is 1.65.